The SMILES string of the molecule is CC1C2CC3C1C3(C(=O)OCC(F)(F)F)C2C. The van der Waals surface area contributed by atoms with Crippen molar-refractivity contribution < 1.29 is 22.7 Å². The number of halogens is 3. The van der Waals surface area contributed by atoms with Crippen molar-refractivity contribution in [2.24, 2.45) is 35.0 Å². The molecule has 17 heavy (non-hydrogen) atoms. The summed E-state index contributed by atoms with van der Waals surface area (Å²) < 4.78 is 40.6. The molecule has 4 fully saturated rings. The van der Waals surface area contributed by atoms with E-state index in [-0.39, 0.29) is 11.8 Å². The van der Waals surface area contributed by atoms with E-state index < -0.39 is 24.2 Å². The molecule has 4 bridgehead atoms. The van der Waals surface area contributed by atoms with Gasteiger partial charge in [-0.2, -0.15) is 13.2 Å². The third-order valence-electron chi connectivity index (χ3n) is 5.37. The summed E-state index contributed by atoms with van der Waals surface area (Å²) >= 11 is 0. The number of ether oxygens (including phenoxy) is 1. The molecule has 0 heterocycles. The summed E-state index contributed by atoms with van der Waals surface area (Å²) in [5.74, 6) is 1.12. The van der Waals surface area contributed by atoms with Crippen LogP contribution >= 0.6 is 0 Å². The molecule has 4 aliphatic rings. The van der Waals surface area contributed by atoms with Crippen LogP contribution in [0.3, 0.4) is 0 Å². The van der Waals surface area contributed by atoms with Crippen molar-refractivity contribution >= 4 is 5.97 Å². The van der Waals surface area contributed by atoms with Crippen LogP contribution in [-0.2, 0) is 9.53 Å². The molecule has 0 aliphatic heterocycles. The summed E-state index contributed by atoms with van der Waals surface area (Å²) in [6, 6.07) is 0. The van der Waals surface area contributed by atoms with Crippen LogP contribution in [0.4, 0.5) is 13.2 Å². The van der Waals surface area contributed by atoms with Gasteiger partial charge in [0.05, 0.1) is 5.41 Å². The van der Waals surface area contributed by atoms with Gasteiger partial charge in [-0.25, -0.2) is 0 Å². The zero-order chi connectivity index (χ0) is 12.6. The number of rotatable bonds is 2. The Hall–Kier alpha value is -0.740. The van der Waals surface area contributed by atoms with Crippen LogP contribution in [-0.4, -0.2) is 18.8 Å². The van der Waals surface area contributed by atoms with Crippen molar-refractivity contribution in [3.05, 3.63) is 0 Å². The fraction of sp³-hybridized carbons (Fsp3) is 0.917. The van der Waals surface area contributed by atoms with Gasteiger partial charge in [0.25, 0.3) is 0 Å². The Morgan fingerprint density at radius 1 is 1.41 bits per heavy atom. The molecule has 0 amide bonds. The summed E-state index contributed by atoms with van der Waals surface area (Å²) in [7, 11) is 0. The highest BCUT2D eigenvalue weighted by molar-refractivity contribution is 5.84. The highest BCUT2D eigenvalue weighted by atomic mass is 19.4. The number of esters is 1. The maximum Gasteiger partial charge on any atom is 0.422 e. The van der Waals surface area contributed by atoms with Crippen LogP contribution in [0.1, 0.15) is 20.3 Å². The standard InChI is InChI=1S/C12H15F3O2/c1-5-7-3-8-9(5)12(8,6(7)2)10(16)17-4-11(13,14)15/h5-9H,3-4H2,1-2H3. The molecule has 0 saturated heterocycles. The molecular formula is C12H15F3O2. The maximum atomic E-state index is 12.0. The zero-order valence-electron chi connectivity index (χ0n) is 9.75. The highest BCUT2D eigenvalue weighted by Gasteiger charge is 2.84. The van der Waals surface area contributed by atoms with E-state index in [4.69, 9.17) is 0 Å². The first-order chi connectivity index (χ1) is 7.80. The third-order valence-corrected chi connectivity index (χ3v) is 5.37. The van der Waals surface area contributed by atoms with Crippen molar-refractivity contribution in [1.82, 2.24) is 0 Å². The normalized spacial score (nSPS) is 50.5. The molecule has 4 rings (SSSR count). The Morgan fingerprint density at radius 3 is 2.41 bits per heavy atom. The molecule has 0 aromatic carbocycles. The van der Waals surface area contributed by atoms with Crippen molar-refractivity contribution in [3.8, 4) is 0 Å². The Kier molecular flexibility index (Phi) is 1.99. The second-order valence-corrected chi connectivity index (χ2v) is 5.80. The Labute approximate surface area is 97.5 Å². The molecule has 0 N–H and O–H groups in total. The largest absolute Gasteiger partial charge is 0.456 e. The van der Waals surface area contributed by atoms with Gasteiger partial charge in [-0.1, -0.05) is 13.8 Å². The smallest absolute Gasteiger partial charge is 0.422 e. The van der Waals surface area contributed by atoms with Crippen LogP contribution in [0, 0.1) is 35.0 Å². The first-order valence-electron chi connectivity index (χ1n) is 6.04. The lowest BCUT2D eigenvalue weighted by molar-refractivity contribution is -0.191. The molecule has 6 atom stereocenters. The first-order valence-corrected chi connectivity index (χ1v) is 6.04. The van der Waals surface area contributed by atoms with Gasteiger partial charge in [-0.05, 0) is 36.0 Å². The fourth-order valence-electron chi connectivity index (χ4n) is 4.83. The van der Waals surface area contributed by atoms with Gasteiger partial charge in [0.2, 0.25) is 0 Å². The predicted molar refractivity (Wildman–Crippen MR) is 52.9 cm³/mol. The van der Waals surface area contributed by atoms with Crippen molar-refractivity contribution in [3.63, 3.8) is 0 Å². The minimum Gasteiger partial charge on any atom is -0.456 e. The summed E-state index contributed by atoms with van der Waals surface area (Å²) in [5.41, 5.74) is -0.560. The van der Waals surface area contributed by atoms with E-state index in [1.54, 1.807) is 0 Å². The number of alkyl halides is 3. The average molecular weight is 248 g/mol. The van der Waals surface area contributed by atoms with E-state index in [0.29, 0.717) is 17.8 Å². The Morgan fingerprint density at radius 2 is 2.06 bits per heavy atom. The van der Waals surface area contributed by atoms with Crippen LogP contribution in [0.5, 0.6) is 0 Å². The molecule has 6 unspecified atom stereocenters. The second-order valence-electron chi connectivity index (χ2n) is 5.80. The van der Waals surface area contributed by atoms with Crippen LogP contribution < -0.4 is 0 Å². The monoisotopic (exact) mass is 248 g/mol. The lowest BCUT2D eigenvalue weighted by Gasteiger charge is -2.18. The molecule has 5 heteroatoms. The van der Waals surface area contributed by atoms with Crippen molar-refractivity contribution in [2.75, 3.05) is 6.61 Å². The average Bonchev–Trinajstić information content (AvgIpc) is 2.51. The van der Waals surface area contributed by atoms with E-state index in [2.05, 4.69) is 11.7 Å². The first kappa shape index (κ1) is 11.4. The maximum absolute atomic E-state index is 12.0. The van der Waals surface area contributed by atoms with Crippen molar-refractivity contribution in [2.45, 2.75) is 26.4 Å². The molecule has 96 valence electrons. The molecule has 0 aromatic rings. The topological polar surface area (TPSA) is 26.3 Å². The Bertz CT molecular complexity index is 374. The van der Waals surface area contributed by atoms with Crippen molar-refractivity contribution in [1.29, 1.82) is 0 Å². The van der Waals surface area contributed by atoms with E-state index in [1.165, 1.54) is 0 Å². The lowest BCUT2D eigenvalue weighted by atomic mass is 9.90. The number of hydrogen-bond acceptors (Lipinski definition) is 2. The molecule has 0 radical (unpaired) electrons. The quantitative estimate of drug-likeness (QED) is 0.702. The van der Waals surface area contributed by atoms with Gasteiger partial charge in [0.1, 0.15) is 0 Å². The van der Waals surface area contributed by atoms with E-state index in [9.17, 15) is 18.0 Å². The van der Waals surface area contributed by atoms with Gasteiger partial charge < -0.3 is 4.74 Å². The van der Waals surface area contributed by atoms with Crippen LogP contribution in [0.2, 0.25) is 0 Å². The molecular weight excluding hydrogens is 233 g/mol. The lowest BCUT2D eigenvalue weighted by Crippen LogP contribution is -2.29. The number of carbonyl (C=O) groups excluding carboxylic acids is 1. The molecule has 0 aromatic heterocycles. The van der Waals surface area contributed by atoms with Crippen LogP contribution in [0.15, 0.2) is 0 Å². The Balaban J connectivity index is 1.73. The van der Waals surface area contributed by atoms with E-state index >= 15 is 0 Å². The summed E-state index contributed by atoms with van der Waals surface area (Å²) in [6.07, 6.45) is -3.43. The second kappa shape index (κ2) is 2.98. The summed E-state index contributed by atoms with van der Waals surface area (Å²) in [4.78, 5) is 11.9. The van der Waals surface area contributed by atoms with Gasteiger partial charge in [-0.3, -0.25) is 4.79 Å². The zero-order valence-corrected chi connectivity index (χ0v) is 9.75. The fourth-order valence-corrected chi connectivity index (χ4v) is 4.83. The summed E-state index contributed by atoms with van der Waals surface area (Å²) in [6.45, 7) is 2.65. The third kappa shape index (κ3) is 1.20. The molecule has 4 aliphatic carbocycles. The van der Waals surface area contributed by atoms with Gasteiger partial charge in [0.15, 0.2) is 6.61 Å². The molecule has 0 spiro atoms. The number of carbonyl (C=O) groups is 1. The minimum absolute atomic E-state index is 0.188. The van der Waals surface area contributed by atoms with Gasteiger partial charge >= 0.3 is 12.1 Å². The predicted octanol–water partition coefficient (Wildman–Crippen LogP) is 2.63. The van der Waals surface area contributed by atoms with Gasteiger partial charge in [-0.15, -0.1) is 0 Å². The van der Waals surface area contributed by atoms with E-state index in [0.717, 1.165) is 6.42 Å². The van der Waals surface area contributed by atoms with Crippen LogP contribution in [0.25, 0.3) is 0 Å². The highest BCUT2D eigenvalue weighted by Crippen LogP contribution is 2.83. The minimum atomic E-state index is -4.42. The summed E-state index contributed by atoms with van der Waals surface area (Å²) in [5, 5.41) is 0. The van der Waals surface area contributed by atoms with Gasteiger partial charge in [0, 0.05) is 0 Å². The molecule has 2 nitrogen and oxygen atoms in total. The molecule has 4 saturated carbocycles. The number of hydrogen-bond donors (Lipinski definition) is 0. The van der Waals surface area contributed by atoms with E-state index in [1.807, 2.05) is 6.92 Å².